The molecule has 6 heteroatoms. The van der Waals surface area contributed by atoms with Gasteiger partial charge in [-0.2, -0.15) is 0 Å². The molecule has 0 aromatic heterocycles. The Hall–Kier alpha value is -0.568. The highest BCUT2D eigenvalue weighted by Crippen LogP contribution is 2.10. The minimum atomic E-state index is -2.74. The molecular formula is C19H37AlO5. The molecular weight excluding hydrogens is 335 g/mol. The standard InChI is InChI=1S/2C8H16O2.C3H7O.Al/c2*1-2-3-4-5-6-7-8(9)10;1-3(2)4;/h2*2-7H2,1H3,(H,9,10);3H,1-2H3;/q;;-1;+3/p-2. The molecule has 0 aliphatic heterocycles. The second-order valence-electron chi connectivity index (χ2n) is 6.78. The maximum Gasteiger partial charge on any atom is 1.10 e. The van der Waals surface area contributed by atoms with E-state index in [1.54, 1.807) is 0 Å². The lowest BCUT2D eigenvalue weighted by atomic mass is 10.1. The molecule has 0 rings (SSSR count). The van der Waals surface area contributed by atoms with Gasteiger partial charge in [0.05, 0.1) is 0 Å². The highest BCUT2D eigenvalue weighted by atomic mass is 27.3. The van der Waals surface area contributed by atoms with E-state index in [1.165, 1.54) is 25.7 Å². The maximum absolute atomic E-state index is 11.9. The van der Waals surface area contributed by atoms with Crippen LogP contribution in [-0.4, -0.2) is 33.2 Å². The number of unbranched alkanes of at least 4 members (excludes halogenated alkanes) is 8. The van der Waals surface area contributed by atoms with E-state index in [-0.39, 0.29) is 18.0 Å². The summed E-state index contributed by atoms with van der Waals surface area (Å²) in [5.74, 6) is -0.630. The van der Waals surface area contributed by atoms with E-state index in [2.05, 4.69) is 13.8 Å². The number of carbonyl (C=O) groups excluding carboxylic acids is 2. The van der Waals surface area contributed by atoms with Gasteiger partial charge in [0.1, 0.15) is 0 Å². The van der Waals surface area contributed by atoms with Crippen molar-refractivity contribution >= 4 is 27.1 Å². The van der Waals surface area contributed by atoms with Crippen molar-refractivity contribution in [2.24, 2.45) is 0 Å². The first kappa shape index (κ1) is 24.4. The molecule has 0 unspecified atom stereocenters. The van der Waals surface area contributed by atoms with Gasteiger partial charge in [0, 0.05) is 18.9 Å². The molecule has 0 atom stereocenters. The van der Waals surface area contributed by atoms with E-state index in [4.69, 9.17) is 11.4 Å². The van der Waals surface area contributed by atoms with Crippen LogP contribution in [0.1, 0.15) is 105 Å². The van der Waals surface area contributed by atoms with Gasteiger partial charge in [-0.3, -0.25) is 9.59 Å². The average Bonchev–Trinajstić information content (AvgIpc) is 2.53. The molecule has 146 valence electrons. The molecule has 0 radical (unpaired) electrons. The highest BCUT2D eigenvalue weighted by Gasteiger charge is 2.43. The lowest BCUT2D eigenvalue weighted by Crippen LogP contribution is -2.34. The van der Waals surface area contributed by atoms with Crippen molar-refractivity contribution < 1.29 is 21.0 Å². The summed E-state index contributed by atoms with van der Waals surface area (Å²) in [7, 11) is 0. The third kappa shape index (κ3) is 16.6. The summed E-state index contributed by atoms with van der Waals surface area (Å²) < 4.78 is 16.2. The fraction of sp³-hybridized carbons (Fsp3) is 0.895. The third-order valence-corrected chi connectivity index (χ3v) is 5.48. The van der Waals surface area contributed by atoms with Gasteiger partial charge in [0.15, 0.2) is 0 Å². The number of hydrogen-bond donors (Lipinski definition) is 0. The Labute approximate surface area is 159 Å². The zero-order valence-corrected chi connectivity index (χ0v) is 17.8. The van der Waals surface area contributed by atoms with Gasteiger partial charge in [0.25, 0.3) is 11.9 Å². The van der Waals surface area contributed by atoms with E-state index in [0.717, 1.165) is 38.5 Å². The van der Waals surface area contributed by atoms with Crippen molar-refractivity contribution in [2.75, 3.05) is 0 Å². The van der Waals surface area contributed by atoms with E-state index >= 15 is 0 Å². The summed E-state index contributed by atoms with van der Waals surface area (Å²) in [6.45, 7) is 8.01. The molecule has 0 heterocycles. The van der Waals surface area contributed by atoms with Gasteiger partial charge >= 0.3 is 15.1 Å². The van der Waals surface area contributed by atoms with Crippen LogP contribution in [-0.2, 0) is 21.0 Å². The Bertz CT molecular complexity index is 319. The molecule has 0 N–H and O–H groups in total. The summed E-state index contributed by atoms with van der Waals surface area (Å²) in [6.07, 6.45) is 11.3. The first-order valence-electron chi connectivity index (χ1n) is 10.0. The molecule has 0 spiro atoms. The van der Waals surface area contributed by atoms with Gasteiger partial charge in [-0.05, 0) is 26.7 Å². The Morgan fingerprint density at radius 2 is 1.12 bits per heavy atom. The summed E-state index contributed by atoms with van der Waals surface area (Å²) in [5.41, 5.74) is 0. The van der Waals surface area contributed by atoms with Crippen molar-refractivity contribution in [3.63, 3.8) is 0 Å². The van der Waals surface area contributed by atoms with E-state index in [1.807, 2.05) is 13.8 Å². The second-order valence-corrected chi connectivity index (χ2v) is 8.10. The molecule has 0 aromatic rings. The van der Waals surface area contributed by atoms with Crippen LogP contribution in [0.2, 0.25) is 0 Å². The van der Waals surface area contributed by atoms with Gasteiger partial charge < -0.3 is 11.4 Å². The summed E-state index contributed by atoms with van der Waals surface area (Å²) >= 11 is -2.74. The molecule has 0 amide bonds. The lowest BCUT2D eigenvalue weighted by molar-refractivity contribution is -0.144. The number of rotatable bonds is 16. The third-order valence-electron chi connectivity index (χ3n) is 3.81. The van der Waals surface area contributed by atoms with Crippen molar-refractivity contribution in [2.45, 2.75) is 111 Å². The quantitative estimate of drug-likeness (QED) is 0.275. The number of hydrogen-bond acceptors (Lipinski definition) is 5. The van der Waals surface area contributed by atoms with Crippen LogP contribution < -0.4 is 0 Å². The predicted molar refractivity (Wildman–Crippen MR) is 101 cm³/mol. The average molecular weight is 372 g/mol. The molecule has 0 saturated carbocycles. The molecule has 0 saturated heterocycles. The monoisotopic (exact) mass is 372 g/mol. The minimum absolute atomic E-state index is 0.133. The Balaban J connectivity index is 4.08. The highest BCUT2D eigenvalue weighted by molar-refractivity contribution is 6.41. The van der Waals surface area contributed by atoms with E-state index in [9.17, 15) is 9.59 Å². The van der Waals surface area contributed by atoms with Gasteiger partial charge in [0.2, 0.25) is 0 Å². The molecule has 5 nitrogen and oxygen atoms in total. The topological polar surface area (TPSA) is 61.8 Å². The van der Waals surface area contributed by atoms with Crippen molar-refractivity contribution in [3.05, 3.63) is 0 Å². The van der Waals surface area contributed by atoms with Gasteiger partial charge in [-0.15, -0.1) is 0 Å². The van der Waals surface area contributed by atoms with E-state index < -0.39 is 15.1 Å². The Morgan fingerprint density at radius 1 is 0.720 bits per heavy atom. The van der Waals surface area contributed by atoms with Crippen LogP contribution in [0.15, 0.2) is 0 Å². The Morgan fingerprint density at radius 3 is 1.48 bits per heavy atom. The van der Waals surface area contributed by atoms with Crippen LogP contribution >= 0.6 is 0 Å². The SMILES string of the molecule is CCCCCCCC(=O)[O][Al]([O]C(=O)CCCCCCC)[O]C(C)C. The molecule has 0 bridgehead atoms. The first-order valence-corrected chi connectivity index (χ1v) is 11.4. The molecule has 0 aliphatic rings. The fourth-order valence-corrected chi connectivity index (χ4v) is 3.65. The van der Waals surface area contributed by atoms with Crippen LogP contribution in [0.5, 0.6) is 0 Å². The van der Waals surface area contributed by atoms with Crippen LogP contribution in [0.25, 0.3) is 0 Å². The molecule has 0 aromatic carbocycles. The molecule has 25 heavy (non-hydrogen) atoms. The first-order chi connectivity index (χ1) is 12.0. The van der Waals surface area contributed by atoms with E-state index in [0.29, 0.717) is 12.8 Å². The second kappa shape index (κ2) is 16.9. The zero-order chi connectivity index (χ0) is 18.9. The largest absolute Gasteiger partial charge is 1.10 e. The zero-order valence-electron chi connectivity index (χ0n) is 16.7. The smallest absolute Gasteiger partial charge is 0.562 e. The summed E-state index contributed by atoms with van der Waals surface area (Å²) in [5, 5.41) is 0. The molecule has 0 fully saturated rings. The van der Waals surface area contributed by atoms with Crippen molar-refractivity contribution in [1.29, 1.82) is 0 Å². The number of carbonyl (C=O) groups is 2. The maximum atomic E-state index is 11.9. The van der Waals surface area contributed by atoms with Crippen LogP contribution in [0.4, 0.5) is 0 Å². The summed E-state index contributed by atoms with van der Waals surface area (Å²) in [4.78, 5) is 23.8. The minimum Gasteiger partial charge on any atom is -0.562 e. The predicted octanol–water partition coefficient (Wildman–Crippen LogP) is 5.20. The van der Waals surface area contributed by atoms with Crippen LogP contribution in [0, 0.1) is 0 Å². The summed E-state index contributed by atoms with van der Waals surface area (Å²) in [6, 6.07) is 0. The Kier molecular flexibility index (Phi) is 16.5. The van der Waals surface area contributed by atoms with Gasteiger partial charge in [-0.1, -0.05) is 65.2 Å². The van der Waals surface area contributed by atoms with Crippen molar-refractivity contribution in [1.82, 2.24) is 0 Å². The van der Waals surface area contributed by atoms with Crippen LogP contribution in [0.3, 0.4) is 0 Å². The molecule has 0 aliphatic carbocycles. The normalized spacial score (nSPS) is 10.8. The lowest BCUT2D eigenvalue weighted by Gasteiger charge is -2.15. The van der Waals surface area contributed by atoms with Crippen molar-refractivity contribution in [3.8, 4) is 0 Å². The fourth-order valence-electron chi connectivity index (χ4n) is 2.38. The van der Waals surface area contributed by atoms with Gasteiger partial charge in [-0.25, -0.2) is 0 Å².